The Bertz CT molecular complexity index is 526. The zero-order chi connectivity index (χ0) is 15.3. The number of methoxy groups -OCH3 is 1. The van der Waals surface area contributed by atoms with Gasteiger partial charge in [0.2, 0.25) is 0 Å². The number of hydrogen-bond donors (Lipinski definition) is 2. The molecule has 1 aliphatic rings. The molecule has 2 rings (SSSR count). The van der Waals surface area contributed by atoms with Gasteiger partial charge in [0.1, 0.15) is 5.54 Å². The van der Waals surface area contributed by atoms with E-state index in [1.54, 1.807) is 37.1 Å². The quantitative estimate of drug-likeness (QED) is 0.869. The van der Waals surface area contributed by atoms with Crippen LogP contribution in [0.25, 0.3) is 0 Å². The Labute approximate surface area is 128 Å². The maximum absolute atomic E-state index is 12.4. The second-order valence-corrected chi connectivity index (χ2v) is 6.31. The lowest BCUT2D eigenvalue weighted by Gasteiger charge is -2.33. The topological polar surface area (TPSA) is 75.6 Å². The highest BCUT2D eigenvalue weighted by atomic mass is 32.2. The summed E-state index contributed by atoms with van der Waals surface area (Å²) in [6, 6.07) is 7.05. The van der Waals surface area contributed by atoms with Gasteiger partial charge in [0.25, 0.3) is 5.91 Å². The standard InChI is InChI=1S/C15H19NO4S/c1-20-10-11-3-2-4-12(9-11)13(17)16-15(14(18)19)5-7-21-8-6-15/h2-4,9H,5-8,10H2,1H3,(H,16,17)(H,18,19). The van der Waals surface area contributed by atoms with Crippen molar-refractivity contribution in [3.05, 3.63) is 35.4 Å². The van der Waals surface area contributed by atoms with Crippen molar-refractivity contribution in [2.24, 2.45) is 0 Å². The first-order chi connectivity index (χ1) is 10.1. The summed E-state index contributed by atoms with van der Waals surface area (Å²) < 4.78 is 5.04. The van der Waals surface area contributed by atoms with Crippen LogP contribution in [0.2, 0.25) is 0 Å². The number of carboxylic acid groups (broad SMARTS) is 1. The normalized spacial score (nSPS) is 17.2. The second kappa shape index (κ2) is 6.95. The number of carbonyl (C=O) groups is 2. The van der Waals surface area contributed by atoms with E-state index >= 15 is 0 Å². The van der Waals surface area contributed by atoms with E-state index in [9.17, 15) is 14.7 Å². The van der Waals surface area contributed by atoms with Crippen molar-refractivity contribution in [1.29, 1.82) is 0 Å². The lowest BCUT2D eigenvalue weighted by molar-refractivity contribution is -0.144. The van der Waals surface area contributed by atoms with Gasteiger partial charge in [0.15, 0.2) is 0 Å². The number of hydrogen-bond acceptors (Lipinski definition) is 4. The molecule has 0 aromatic heterocycles. The summed E-state index contributed by atoms with van der Waals surface area (Å²) in [7, 11) is 1.59. The Hall–Kier alpha value is -1.53. The number of aliphatic carboxylic acids is 1. The Kier molecular flexibility index (Phi) is 5.25. The minimum Gasteiger partial charge on any atom is -0.480 e. The molecule has 1 aliphatic heterocycles. The summed E-state index contributed by atoms with van der Waals surface area (Å²) in [6.45, 7) is 0.418. The van der Waals surface area contributed by atoms with Crippen LogP contribution in [0, 0.1) is 0 Å². The van der Waals surface area contributed by atoms with Gasteiger partial charge >= 0.3 is 5.97 Å². The summed E-state index contributed by atoms with van der Waals surface area (Å²) in [6.07, 6.45) is 0.910. The Morgan fingerprint density at radius 2 is 2.10 bits per heavy atom. The van der Waals surface area contributed by atoms with Crippen LogP contribution in [0.3, 0.4) is 0 Å². The Morgan fingerprint density at radius 3 is 2.71 bits per heavy atom. The molecule has 1 amide bonds. The SMILES string of the molecule is COCc1cccc(C(=O)NC2(C(=O)O)CCSCC2)c1. The molecular formula is C15H19NO4S. The van der Waals surface area contributed by atoms with Crippen LogP contribution in [0.4, 0.5) is 0 Å². The van der Waals surface area contributed by atoms with Gasteiger partial charge in [-0.15, -0.1) is 0 Å². The van der Waals surface area contributed by atoms with Crippen molar-refractivity contribution in [2.75, 3.05) is 18.6 Å². The average molecular weight is 309 g/mol. The minimum absolute atomic E-state index is 0.345. The van der Waals surface area contributed by atoms with Gasteiger partial charge in [-0.05, 0) is 42.0 Å². The summed E-state index contributed by atoms with van der Waals surface area (Å²) in [5.74, 6) is 0.193. The van der Waals surface area contributed by atoms with E-state index < -0.39 is 11.5 Å². The van der Waals surface area contributed by atoms with Crippen LogP contribution in [-0.4, -0.2) is 41.1 Å². The van der Waals surface area contributed by atoms with Gasteiger partial charge in [-0.25, -0.2) is 4.79 Å². The number of amides is 1. The zero-order valence-electron chi connectivity index (χ0n) is 11.9. The molecule has 1 aromatic carbocycles. The van der Waals surface area contributed by atoms with Crippen molar-refractivity contribution in [1.82, 2.24) is 5.32 Å². The molecule has 0 atom stereocenters. The third-order valence-electron chi connectivity index (χ3n) is 3.61. The maximum atomic E-state index is 12.4. The fraction of sp³-hybridized carbons (Fsp3) is 0.467. The largest absolute Gasteiger partial charge is 0.480 e. The number of ether oxygens (including phenoxy) is 1. The second-order valence-electron chi connectivity index (χ2n) is 5.09. The lowest BCUT2D eigenvalue weighted by atomic mass is 9.91. The van der Waals surface area contributed by atoms with E-state index in [2.05, 4.69) is 5.32 Å². The number of carbonyl (C=O) groups excluding carboxylic acids is 1. The molecule has 114 valence electrons. The predicted octanol–water partition coefficient (Wildman–Crippen LogP) is 1.91. The zero-order valence-corrected chi connectivity index (χ0v) is 12.7. The van der Waals surface area contributed by atoms with Gasteiger partial charge < -0.3 is 15.2 Å². The van der Waals surface area contributed by atoms with Crippen LogP contribution < -0.4 is 5.32 Å². The lowest BCUT2D eigenvalue weighted by Crippen LogP contribution is -2.56. The highest BCUT2D eigenvalue weighted by Gasteiger charge is 2.41. The fourth-order valence-electron chi connectivity index (χ4n) is 2.37. The number of thioether (sulfide) groups is 1. The fourth-order valence-corrected chi connectivity index (χ4v) is 3.56. The van der Waals surface area contributed by atoms with Crippen molar-refractivity contribution in [2.45, 2.75) is 25.0 Å². The molecule has 1 heterocycles. The number of benzene rings is 1. The molecular weight excluding hydrogens is 290 g/mol. The van der Waals surface area contributed by atoms with E-state index in [4.69, 9.17) is 4.74 Å². The summed E-state index contributed by atoms with van der Waals surface area (Å²) in [5.41, 5.74) is 0.205. The highest BCUT2D eigenvalue weighted by Crippen LogP contribution is 2.27. The predicted molar refractivity (Wildman–Crippen MR) is 81.5 cm³/mol. The van der Waals surface area contributed by atoms with E-state index in [0.29, 0.717) is 25.0 Å². The molecule has 0 saturated carbocycles. The van der Waals surface area contributed by atoms with E-state index in [0.717, 1.165) is 17.1 Å². The number of rotatable bonds is 5. The molecule has 0 spiro atoms. The molecule has 2 N–H and O–H groups in total. The van der Waals surface area contributed by atoms with Crippen molar-refractivity contribution in [3.8, 4) is 0 Å². The number of carboxylic acids is 1. The smallest absolute Gasteiger partial charge is 0.329 e. The molecule has 21 heavy (non-hydrogen) atoms. The minimum atomic E-state index is -1.14. The molecule has 0 radical (unpaired) electrons. The summed E-state index contributed by atoms with van der Waals surface area (Å²) in [4.78, 5) is 23.9. The van der Waals surface area contributed by atoms with Gasteiger partial charge in [-0.2, -0.15) is 11.8 Å². The Balaban J connectivity index is 2.15. The van der Waals surface area contributed by atoms with Crippen LogP contribution >= 0.6 is 11.8 Å². The van der Waals surface area contributed by atoms with Crippen molar-refractivity contribution >= 4 is 23.6 Å². The molecule has 6 heteroatoms. The van der Waals surface area contributed by atoms with E-state index in [1.165, 1.54) is 0 Å². The Morgan fingerprint density at radius 1 is 1.38 bits per heavy atom. The highest BCUT2D eigenvalue weighted by molar-refractivity contribution is 7.99. The van der Waals surface area contributed by atoms with Gasteiger partial charge in [-0.3, -0.25) is 4.79 Å². The monoisotopic (exact) mass is 309 g/mol. The molecule has 1 saturated heterocycles. The molecule has 0 aliphatic carbocycles. The van der Waals surface area contributed by atoms with E-state index in [-0.39, 0.29) is 5.91 Å². The first kappa shape index (κ1) is 15.9. The number of nitrogens with one attached hydrogen (secondary N) is 1. The van der Waals surface area contributed by atoms with Gasteiger partial charge in [0, 0.05) is 12.7 Å². The van der Waals surface area contributed by atoms with Crippen LogP contribution in [0.5, 0.6) is 0 Å². The molecule has 5 nitrogen and oxygen atoms in total. The summed E-state index contributed by atoms with van der Waals surface area (Å²) in [5, 5.41) is 12.2. The molecule has 1 fully saturated rings. The van der Waals surface area contributed by atoms with E-state index in [1.807, 2.05) is 6.07 Å². The van der Waals surface area contributed by atoms with Gasteiger partial charge in [0.05, 0.1) is 6.61 Å². The van der Waals surface area contributed by atoms with Crippen molar-refractivity contribution in [3.63, 3.8) is 0 Å². The van der Waals surface area contributed by atoms with Crippen molar-refractivity contribution < 1.29 is 19.4 Å². The third kappa shape index (κ3) is 3.77. The van der Waals surface area contributed by atoms with Crippen LogP contribution in [0.1, 0.15) is 28.8 Å². The maximum Gasteiger partial charge on any atom is 0.329 e. The molecule has 0 bridgehead atoms. The average Bonchev–Trinajstić information content (AvgIpc) is 2.48. The van der Waals surface area contributed by atoms with Crippen LogP contribution in [-0.2, 0) is 16.1 Å². The molecule has 1 aromatic rings. The third-order valence-corrected chi connectivity index (χ3v) is 4.59. The molecule has 0 unspecified atom stereocenters. The van der Waals surface area contributed by atoms with Crippen LogP contribution in [0.15, 0.2) is 24.3 Å². The summed E-state index contributed by atoms with van der Waals surface area (Å²) >= 11 is 1.72. The van der Waals surface area contributed by atoms with Gasteiger partial charge in [-0.1, -0.05) is 12.1 Å². The first-order valence-corrected chi connectivity index (χ1v) is 7.94. The first-order valence-electron chi connectivity index (χ1n) is 6.79.